The highest BCUT2D eigenvalue weighted by molar-refractivity contribution is 6.02. The average Bonchev–Trinajstić information content (AvgIpc) is 2.34. The van der Waals surface area contributed by atoms with Gasteiger partial charge in [-0.1, -0.05) is 48.5 Å². The molecule has 0 saturated carbocycles. The maximum atomic E-state index is 13.9. The lowest BCUT2D eigenvalue weighted by atomic mass is 9.93. The summed E-state index contributed by atoms with van der Waals surface area (Å²) in [5.74, 6) is -2.85. The van der Waals surface area contributed by atoms with Gasteiger partial charge in [-0.3, -0.25) is 0 Å². The fourth-order valence-electron chi connectivity index (χ4n) is 2.49. The predicted molar refractivity (Wildman–Crippen MR) is 71.0 cm³/mol. The van der Waals surface area contributed by atoms with Gasteiger partial charge in [0.05, 0.1) is 0 Å². The van der Waals surface area contributed by atoms with Crippen LogP contribution in [-0.2, 0) is 5.92 Å². The van der Waals surface area contributed by atoms with Crippen molar-refractivity contribution in [2.24, 2.45) is 0 Å². The average molecular weight is 242 g/mol. The van der Waals surface area contributed by atoms with Crippen LogP contribution in [0.2, 0.25) is 0 Å². The zero-order valence-corrected chi connectivity index (χ0v) is 9.95. The van der Waals surface area contributed by atoms with E-state index in [1.807, 2.05) is 30.3 Å². The van der Waals surface area contributed by atoms with Crippen LogP contribution >= 0.6 is 0 Å². The second-order valence-electron chi connectivity index (χ2n) is 4.58. The molecule has 3 rings (SSSR count). The summed E-state index contributed by atoms with van der Waals surface area (Å²) in [5, 5.41) is 2.97. The molecule has 0 aliphatic carbocycles. The van der Waals surface area contributed by atoms with Gasteiger partial charge in [-0.05, 0) is 27.6 Å². The summed E-state index contributed by atoms with van der Waals surface area (Å²) in [6, 6.07) is 16.6. The molecule has 18 heavy (non-hydrogen) atoms. The molecule has 0 aromatic heterocycles. The molecule has 0 aliphatic rings. The van der Waals surface area contributed by atoms with Crippen LogP contribution in [-0.4, -0.2) is 0 Å². The number of hydrogen-bond donors (Lipinski definition) is 0. The summed E-state index contributed by atoms with van der Waals surface area (Å²) in [5.41, 5.74) is 0.121. The SMILES string of the molecule is CC(F)(F)c1c2ccccc2cc2ccccc12. The number of hydrogen-bond acceptors (Lipinski definition) is 0. The molecule has 2 heteroatoms. The monoisotopic (exact) mass is 242 g/mol. The van der Waals surface area contributed by atoms with Crippen molar-refractivity contribution in [3.05, 3.63) is 60.2 Å². The Labute approximate surface area is 104 Å². The Bertz CT molecular complexity index is 670. The van der Waals surface area contributed by atoms with E-state index in [1.165, 1.54) is 0 Å². The van der Waals surface area contributed by atoms with E-state index >= 15 is 0 Å². The van der Waals surface area contributed by atoms with E-state index in [0.717, 1.165) is 17.7 Å². The highest BCUT2D eigenvalue weighted by atomic mass is 19.3. The molecule has 3 aromatic rings. The minimum atomic E-state index is -2.85. The molecular weight excluding hydrogens is 230 g/mol. The van der Waals surface area contributed by atoms with Gasteiger partial charge in [-0.2, -0.15) is 0 Å². The van der Waals surface area contributed by atoms with Crippen LogP contribution in [0.1, 0.15) is 12.5 Å². The summed E-state index contributed by atoms with van der Waals surface area (Å²) in [6.45, 7) is 0.960. The summed E-state index contributed by atoms with van der Waals surface area (Å²) >= 11 is 0. The first kappa shape index (κ1) is 11.1. The Morgan fingerprint density at radius 1 is 0.778 bits per heavy atom. The first-order valence-electron chi connectivity index (χ1n) is 5.86. The highest BCUT2D eigenvalue weighted by Gasteiger charge is 2.28. The van der Waals surface area contributed by atoms with Crippen molar-refractivity contribution in [3.63, 3.8) is 0 Å². The van der Waals surface area contributed by atoms with E-state index < -0.39 is 5.92 Å². The second kappa shape index (κ2) is 3.77. The van der Waals surface area contributed by atoms with E-state index in [9.17, 15) is 8.78 Å². The van der Waals surface area contributed by atoms with Crippen LogP contribution in [0.5, 0.6) is 0 Å². The molecule has 3 aromatic carbocycles. The van der Waals surface area contributed by atoms with Crippen molar-refractivity contribution >= 4 is 21.5 Å². The first-order chi connectivity index (χ1) is 8.57. The van der Waals surface area contributed by atoms with Gasteiger partial charge in [0.25, 0.3) is 5.92 Å². The summed E-state index contributed by atoms with van der Waals surface area (Å²) in [7, 11) is 0. The number of benzene rings is 3. The summed E-state index contributed by atoms with van der Waals surface area (Å²) in [6.07, 6.45) is 0. The molecule has 0 atom stereocenters. The lowest BCUT2D eigenvalue weighted by Gasteiger charge is -2.17. The van der Waals surface area contributed by atoms with Crippen LogP contribution < -0.4 is 0 Å². The van der Waals surface area contributed by atoms with Gasteiger partial charge in [0.15, 0.2) is 0 Å². The van der Waals surface area contributed by atoms with Crippen molar-refractivity contribution in [2.75, 3.05) is 0 Å². The van der Waals surface area contributed by atoms with Gasteiger partial charge in [0.2, 0.25) is 0 Å². The molecule has 0 radical (unpaired) electrons. The lowest BCUT2D eigenvalue weighted by Crippen LogP contribution is -2.08. The number of halogens is 2. The second-order valence-corrected chi connectivity index (χ2v) is 4.58. The third-order valence-corrected chi connectivity index (χ3v) is 3.21. The Hall–Kier alpha value is -1.96. The molecular formula is C16H12F2. The molecule has 0 spiro atoms. The molecule has 0 bridgehead atoms. The van der Waals surface area contributed by atoms with Crippen LogP contribution in [0.25, 0.3) is 21.5 Å². The van der Waals surface area contributed by atoms with Gasteiger partial charge in [-0.25, -0.2) is 8.78 Å². The van der Waals surface area contributed by atoms with Crippen molar-refractivity contribution in [1.29, 1.82) is 0 Å². The fraction of sp³-hybridized carbons (Fsp3) is 0.125. The summed E-state index contributed by atoms with van der Waals surface area (Å²) < 4.78 is 27.8. The minimum Gasteiger partial charge on any atom is -0.202 e. The predicted octanol–water partition coefficient (Wildman–Crippen LogP) is 5.10. The standard InChI is InChI=1S/C16H12F2/c1-16(17,18)15-13-8-4-2-6-11(13)10-12-7-3-5-9-14(12)15/h2-10H,1H3. The molecule has 0 N–H and O–H groups in total. The third kappa shape index (κ3) is 1.65. The Kier molecular flexibility index (Phi) is 2.34. The van der Waals surface area contributed by atoms with E-state index in [0.29, 0.717) is 10.8 Å². The zero-order valence-electron chi connectivity index (χ0n) is 9.95. The molecule has 0 unspecified atom stereocenters. The van der Waals surface area contributed by atoms with Crippen LogP contribution in [0, 0.1) is 0 Å². The Balaban J connectivity index is 2.58. The zero-order chi connectivity index (χ0) is 12.8. The van der Waals surface area contributed by atoms with Gasteiger partial charge in [0, 0.05) is 12.5 Å². The Morgan fingerprint density at radius 2 is 1.22 bits per heavy atom. The normalized spacial score (nSPS) is 12.2. The minimum absolute atomic E-state index is 0.121. The van der Waals surface area contributed by atoms with E-state index in [1.54, 1.807) is 24.3 Å². The van der Waals surface area contributed by atoms with Crippen LogP contribution in [0.15, 0.2) is 54.6 Å². The van der Waals surface area contributed by atoms with E-state index in [4.69, 9.17) is 0 Å². The van der Waals surface area contributed by atoms with Crippen LogP contribution in [0.3, 0.4) is 0 Å². The number of rotatable bonds is 1. The molecule has 0 saturated heterocycles. The highest BCUT2D eigenvalue weighted by Crippen LogP contribution is 2.38. The van der Waals surface area contributed by atoms with Crippen molar-refractivity contribution in [3.8, 4) is 0 Å². The molecule has 90 valence electrons. The largest absolute Gasteiger partial charge is 0.271 e. The molecule has 0 fully saturated rings. The third-order valence-electron chi connectivity index (χ3n) is 3.21. The van der Waals surface area contributed by atoms with E-state index in [2.05, 4.69) is 0 Å². The molecule has 0 aliphatic heterocycles. The van der Waals surface area contributed by atoms with Gasteiger partial charge in [-0.15, -0.1) is 0 Å². The molecule has 0 heterocycles. The van der Waals surface area contributed by atoms with Crippen molar-refractivity contribution in [1.82, 2.24) is 0 Å². The Morgan fingerprint density at radius 3 is 1.67 bits per heavy atom. The number of fused-ring (bicyclic) bond motifs is 2. The quantitative estimate of drug-likeness (QED) is 0.520. The van der Waals surface area contributed by atoms with Gasteiger partial charge < -0.3 is 0 Å². The van der Waals surface area contributed by atoms with E-state index in [-0.39, 0.29) is 5.56 Å². The molecule has 0 amide bonds. The van der Waals surface area contributed by atoms with Gasteiger partial charge >= 0.3 is 0 Å². The first-order valence-corrected chi connectivity index (χ1v) is 5.86. The van der Waals surface area contributed by atoms with Crippen LogP contribution in [0.4, 0.5) is 8.78 Å². The molecule has 0 nitrogen and oxygen atoms in total. The maximum absolute atomic E-state index is 13.9. The smallest absolute Gasteiger partial charge is 0.202 e. The number of alkyl halides is 2. The summed E-state index contributed by atoms with van der Waals surface area (Å²) in [4.78, 5) is 0. The lowest BCUT2D eigenvalue weighted by molar-refractivity contribution is 0.0207. The van der Waals surface area contributed by atoms with Gasteiger partial charge in [0.1, 0.15) is 0 Å². The van der Waals surface area contributed by atoms with Crippen molar-refractivity contribution in [2.45, 2.75) is 12.8 Å². The topological polar surface area (TPSA) is 0 Å². The van der Waals surface area contributed by atoms with Crippen molar-refractivity contribution < 1.29 is 8.78 Å². The fourth-order valence-corrected chi connectivity index (χ4v) is 2.49. The maximum Gasteiger partial charge on any atom is 0.271 e.